The molecule has 1 aromatic carbocycles. The van der Waals surface area contributed by atoms with E-state index in [2.05, 4.69) is 16.5 Å². The van der Waals surface area contributed by atoms with E-state index < -0.39 is 0 Å². The average molecular weight is 344 g/mol. The summed E-state index contributed by atoms with van der Waals surface area (Å²) in [6, 6.07) is 8.24. The Labute approximate surface area is 140 Å². The van der Waals surface area contributed by atoms with Crippen molar-refractivity contribution in [1.29, 1.82) is 0 Å². The summed E-state index contributed by atoms with van der Waals surface area (Å²) in [5, 5.41) is 9.24. The predicted molar refractivity (Wildman–Crippen MR) is 91.7 cm³/mol. The Morgan fingerprint density at radius 2 is 2.14 bits per heavy atom. The fraction of sp³-hybridized carbons (Fsp3) is 0.400. The van der Waals surface area contributed by atoms with Crippen molar-refractivity contribution in [2.75, 3.05) is 12.8 Å². The molecule has 0 aliphatic heterocycles. The van der Waals surface area contributed by atoms with Crippen LogP contribution in [0.15, 0.2) is 29.2 Å². The summed E-state index contributed by atoms with van der Waals surface area (Å²) in [4.78, 5) is 1.18. The highest BCUT2D eigenvalue weighted by Crippen LogP contribution is 2.25. The monoisotopic (exact) mass is 343 g/mol. The van der Waals surface area contributed by atoms with Crippen LogP contribution >= 0.6 is 35.0 Å². The van der Waals surface area contributed by atoms with Gasteiger partial charge in [-0.25, -0.2) is 0 Å². The number of nitrogens with zero attached hydrogens (tertiary/aromatic N) is 2. The number of likely N-dealkylation sites (N-methyl/N-ethyl adjacent to an activating group) is 1. The van der Waals surface area contributed by atoms with E-state index in [1.165, 1.54) is 4.90 Å². The number of hydrogen-bond acceptors (Lipinski definition) is 3. The van der Waals surface area contributed by atoms with Crippen LogP contribution in [0.2, 0.25) is 10.0 Å². The van der Waals surface area contributed by atoms with Gasteiger partial charge in [0.1, 0.15) is 0 Å². The van der Waals surface area contributed by atoms with Crippen molar-refractivity contribution in [3.8, 4) is 0 Å². The second-order valence-electron chi connectivity index (χ2n) is 4.93. The summed E-state index contributed by atoms with van der Waals surface area (Å²) >= 11 is 14.1. The van der Waals surface area contributed by atoms with E-state index >= 15 is 0 Å². The SMILES string of the molecule is CNC(CSc1cccc(Cl)c1)Cc1c(Cl)c(C)nn1C. The highest BCUT2D eigenvalue weighted by Gasteiger charge is 2.16. The van der Waals surface area contributed by atoms with Gasteiger partial charge in [-0.2, -0.15) is 5.10 Å². The molecule has 114 valence electrons. The maximum absolute atomic E-state index is 6.32. The van der Waals surface area contributed by atoms with E-state index in [4.69, 9.17) is 23.2 Å². The molecule has 2 aromatic rings. The molecule has 2 rings (SSSR count). The van der Waals surface area contributed by atoms with Crippen molar-refractivity contribution in [3.05, 3.63) is 45.7 Å². The molecule has 1 atom stereocenters. The van der Waals surface area contributed by atoms with Crippen molar-refractivity contribution in [3.63, 3.8) is 0 Å². The molecule has 1 unspecified atom stereocenters. The molecule has 1 N–H and O–H groups in total. The summed E-state index contributed by atoms with van der Waals surface area (Å²) in [5.74, 6) is 0.942. The number of halogens is 2. The van der Waals surface area contributed by atoms with Crippen molar-refractivity contribution in [2.24, 2.45) is 7.05 Å². The average Bonchev–Trinajstić information content (AvgIpc) is 2.69. The largest absolute Gasteiger partial charge is 0.316 e. The molecule has 0 spiro atoms. The van der Waals surface area contributed by atoms with Gasteiger partial charge in [-0.1, -0.05) is 29.3 Å². The van der Waals surface area contributed by atoms with E-state index in [0.29, 0.717) is 6.04 Å². The van der Waals surface area contributed by atoms with Gasteiger partial charge in [-0.05, 0) is 32.2 Å². The number of aryl methyl sites for hydroxylation is 2. The molecule has 0 saturated heterocycles. The van der Waals surface area contributed by atoms with Gasteiger partial charge in [0.05, 0.1) is 16.4 Å². The number of hydrogen-bond donors (Lipinski definition) is 1. The highest BCUT2D eigenvalue weighted by molar-refractivity contribution is 7.99. The van der Waals surface area contributed by atoms with Gasteiger partial charge in [0.25, 0.3) is 0 Å². The molecule has 0 aliphatic rings. The standard InChI is InChI=1S/C15H19Cl2N3S/c1-10-15(17)14(20(3)19-10)8-12(18-2)9-21-13-6-4-5-11(16)7-13/h4-7,12,18H,8-9H2,1-3H3. The summed E-state index contributed by atoms with van der Waals surface area (Å²) in [6.45, 7) is 1.93. The summed E-state index contributed by atoms with van der Waals surface area (Å²) in [6.07, 6.45) is 0.847. The Bertz CT molecular complexity index is 613. The Balaban J connectivity index is 2.00. The Hall–Kier alpha value is -0.680. The molecule has 3 nitrogen and oxygen atoms in total. The third-order valence-corrected chi connectivity index (χ3v) is 5.24. The first-order chi connectivity index (χ1) is 10.0. The first-order valence-electron chi connectivity index (χ1n) is 6.75. The highest BCUT2D eigenvalue weighted by atomic mass is 35.5. The first kappa shape index (κ1) is 16.7. The normalized spacial score (nSPS) is 12.6. The third kappa shape index (κ3) is 4.39. The molecule has 0 bridgehead atoms. The van der Waals surface area contributed by atoms with E-state index in [0.717, 1.165) is 33.6 Å². The zero-order chi connectivity index (χ0) is 15.4. The van der Waals surface area contributed by atoms with Crippen LogP contribution in [-0.4, -0.2) is 28.6 Å². The number of nitrogens with one attached hydrogen (secondary N) is 1. The molecule has 6 heteroatoms. The second-order valence-corrected chi connectivity index (χ2v) is 6.84. The summed E-state index contributed by atoms with van der Waals surface area (Å²) < 4.78 is 1.87. The van der Waals surface area contributed by atoms with Crippen LogP contribution in [0.4, 0.5) is 0 Å². The molecule has 1 aromatic heterocycles. The van der Waals surface area contributed by atoms with Crippen LogP contribution in [0.1, 0.15) is 11.4 Å². The fourth-order valence-corrected chi connectivity index (χ4v) is 3.69. The Morgan fingerprint density at radius 3 is 2.71 bits per heavy atom. The Kier molecular flexibility index (Phi) is 5.99. The van der Waals surface area contributed by atoms with Gasteiger partial charge in [-0.3, -0.25) is 4.68 Å². The van der Waals surface area contributed by atoms with Gasteiger partial charge in [-0.15, -0.1) is 11.8 Å². The topological polar surface area (TPSA) is 29.9 Å². The minimum Gasteiger partial charge on any atom is -0.316 e. The zero-order valence-corrected chi connectivity index (χ0v) is 14.7. The van der Waals surface area contributed by atoms with Gasteiger partial charge in [0.2, 0.25) is 0 Å². The van der Waals surface area contributed by atoms with Crippen LogP contribution in [0.25, 0.3) is 0 Å². The molecule has 0 radical (unpaired) electrons. The van der Waals surface area contributed by atoms with E-state index in [1.54, 1.807) is 11.8 Å². The lowest BCUT2D eigenvalue weighted by atomic mass is 10.2. The zero-order valence-electron chi connectivity index (χ0n) is 12.4. The predicted octanol–water partition coefficient (Wildman–Crippen LogP) is 3.96. The second kappa shape index (κ2) is 7.54. The van der Waals surface area contributed by atoms with E-state index in [1.807, 2.05) is 43.9 Å². The lowest BCUT2D eigenvalue weighted by Crippen LogP contribution is -2.31. The van der Waals surface area contributed by atoms with Gasteiger partial charge >= 0.3 is 0 Å². The molecular weight excluding hydrogens is 325 g/mol. The molecular formula is C15H19Cl2N3S. The number of benzene rings is 1. The molecule has 0 saturated carbocycles. The smallest absolute Gasteiger partial charge is 0.0847 e. The van der Waals surface area contributed by atoms with Crippen LogP contribution in [0.3, 0.4) is 0 Å². The summed E-state index contributed by atoms with van der Waals surface area (Å²) in [7, 11) is 3.91. The van der Waals surface area contributed by atoms with Crippen LogP contribution < -0.4 is 5.32 Å². The van der Waals surface area contributed by atoms with Crippen LogP contribution in [0, 0.1) is 6.92 Å². The number of thioether (sulfide) groups is 1. The lowest BCUT2D eigenvalue weighted by molar-refractivity contribution is 0.582. The number of rotatable bonds is 6. The molecule has 1 heterocycles. The van der Waals surface area contributed by atoms with Crippen molar-refractivity contribution in [1.82, 2.24) is 15.1 Å². The van der Waals surface area contributed by atoms with E-state index in [9.17, 15) is 0 Å². The van der Waals surface area contributed by atoms with Crippen LogP contribution in [-0.2, 0) is 13.5 Å². The first-order valence-corrected chi connectivity index (χ1v) is 8.49. The van der Waals surface area contributed by atoms with Gasteiger partial charge in [0, 0.05) is 35.2 Å². The minimum absolute atomic E-state index is 0.321. The molecule has 0 aliphatic carbocycles. The maximum Gasteiger partial charge on any atom is 0.0847 e. The van der Waals surface area contributed by atoms with Crippen molar-refractivity contribution < 1.29 is 0 Å². The fourth-order valence-electron chi connectivity index (χ4n) is 2.13. The van der Waals surface area contributed by atoms with Gasteiger partial charge < -0.3 is 5.32 Å². The molecule has 21 heavy (non-hydrogen) atoms. The number of aromatic nitrogens is 2. The van der Waals surface area contributed by atoms with E-state index in [-0.39, 0.29) is 0 Å². The maximum atomic E-state index is 6.32. The minimum atomic E-state index is 0.321. The van der Waals surface area contributed by atoms with Crippen molar-refractivity contribution in [2.45, 2.75) is 24.3 Å². The lowest BCUT2D eigenvalue weighted by Gasteiger charge is -2.16. The molecule has 0 fully saturated rings. The van der Waals surface area contributed by atoms with Gasteiger partial charge in [0.15, 0.2) is 0 Å². The third-order valence-electron chi connectivity index (χ3n) is 3.36. The van der Waals surface area contributed by atoms with Crippen LogP contribution in [0.5, 0.6) is 0 Å². The molecule has 0 amide bonds. The summed E-state index contributed by atoms with van der Waals surface area (Å²) in [5.41, 5.74) is 1.95. The Morgan fingerprint density at radius 1 is 1.38 bits per heavy atom. The quantitative estimate of drug-likeness (QED) is 0.805. The van der Waals surface area contributed by atoms with Crippen molar-refractivity contribution >= 4 is 35.0 Å².